The minimum atomic E-state index is -0.218. The number of nitrogens with one attached hydrogen (secondary N) is 1. The van der Waals surface area contributed by atoms with E-state index in [0.717, 1.165) is 38.6 Å². The predicted molar refractivity (Wildman–Crippen MR) is 64.0 cm³/mol. The highest BCUT2D eigenvalue weighted by molar-refractivity contribution is 4.74. The number of hydrogen-bond acceptors (Lipinski definition) is 3. The predicted octanol–water partition coefficient (Wildman–Crippen LogP) is 1.08. The molecule has 0 aromatic rings. The standard InChI is InChI=1S/C12H26N2O/c1-3-14(4-2)10-12(15)9-13-8-7-11-5-6-11/h11-13,15H,3-10H2,1-2H3. The molecule has 0 radical (unpaired) electrons. The highest BCUT2D eigenvalue weighted by Crippen LogP contribution is 2.31. The monoisotopic (exact) mass is 214 g/mol. The van der Waals surface area contributed by atoms with Crippen LogP contribution in [0.2, 0.25) is 0 Å². The van der Waals surface area contributed by atoms with Gasteiger partial charge in [0.05, 0.1) is 6.10 Å². The Morgan fingerprint density at radius 2 is 2.00 bits per heavy atom. The van der Waals surface area contributed by atoms with Crippen LogP contribution < -0.4 is 5.32 Å². The van der Waals surface area contributed by atoms with Gasteiger partial charge in [-0.05, 0) is 32.0 Å². The van der Waals surface area contributed by atoms with Gasteiger partial charge in [0.1, 0.15) is 0 Å². The lowest BCUT2D eigenvalue weighted by atomic mass is 10.2. The van der Waals surface area contributed by atoms with Crippen LogP contribution >= 0.6 is 0 Å². The van der Waals surface area contributed by atoms with Crippen LogP contribution in [0.4, 0.5) is 0 Å². The first kappa shape index (κ1) is 12.9. The van der Waals surface area contributed by atoms with E-state index in [1.807, 2.05) is 0 Å². The third-order valence-electron chi connectivity index (χ3n) is 3.17. The average Bonchev–Trinajstić information content (AvgIpc) is 3.05. The maximum absolute atomic E-state index is 9.76. The van der Waals surface area contributed by atoms with E-state index in [4.69, 9.17) is 0 Å². The van der Waals surface area contributed by atoms with Crippen molar-refractivity contribution in [2.75, 3.05) is 32.7 Å². The summed E-state index contributed by atoms with van der Waals surface area (Å²) in [7, 11) is 0. The quantitative estimate of drug-likeness (QED) is 0.564. The molecule has 0 aromatic heterocycles. The number of rotatable bonds is 9. The van der Waals surface area contributed by atoms with Gasteiger partial charge in [-0.3, -0.25) is 0 Å². The van der Waals surface area contributed by atoms with Gasteiger partial charge in [-0.2, -0.15) is 0 Å². The summed E-state index contributed by atoms with van der Waals surface area (Å²) in [5, 5.41) is 13.1. The van der Waals surface area contributed by atoms with E-state index in [1.54, 1.807) is 0 Å². The number of nitrogens with zero attached hydrogens (tertiary/aromatic N) is 1. The van der Waals surface area contributed by atoms with Crippen LogP contribution in [0.15, 0.2) is 0 Å². The zero-order valence-electron chi connectivity index (χ0n) is 10.2. The molecular weight excluding hydrogens is 188 g/mol. The van der Waals surface area contributed by atoms with Gasteiger partial charge in [-0.15, -0.1) is 0 Å². The zero-order chi connectivity index (χ0) is 11.1. The maximum atomic E-state index is 9.76. The summed E-state index contributed by atoms with van der Waals surface area (Å²) >= 11 is 0. The minimum absolute atomic E-state index is 0.218. The molecule has 0 aliphatic heterocycles. The van der Waals surface area contributed by atoms with Gasteiger partial charge in [-0.25, -0.2) is 0 Å². The van der Waals surface area contributed by atoms with Crippen LogP contribution in [0.3, 0.4) is 0 Å². The summed E-state index contributed by atoms with van der Waals surface area (Å²) in [6.07, 6.45) is 3.91. The van der Waals surface area contributed by atoms with Crippen molar-refractivity contribution < 1.29 is 5.11 Å². The van der Waals surface area contributed by atoms with Crippen molar-refractivity contribution in [1.29, 1.82) is 0 Å². The summed E-state index contributed by atoms with van der Waals surface area (Å²) in [5.41, 5.74) is 0. The summed E-state index contributed by atoms with van der Waals surface area (Å²) in [5.74, 6) is 0.984. The molecule has 2 N–H and O–H groups in total. The Labute approximate surface area is 93.9 Å². The van der Waals surface area contributed by atoms with Crippen molar-refractivity contribution in [2.24, 2.45) is 5.92 Å². The summed E-state index contributed by atoms with van der Waals surface area (Å²) in [6, 6.07) is 0. The van der Waals surface area contributed by atoms with E-state index in [2.05, 4.69) is 24.1 Å². The van der Waals surface area contributed by atoms with Crippen LogP contribution in [0.25, 0.3) is 0 Å². The van der Waals surface area contributed by atoms with Gasteiger partial charge >= 0.3 is 0 Å². The number of aliphatic hydroxyl groups excluding tert-OH is 1. The second-order valence-electron chi connectivity index (χ2n) is 4.58. The Hall–Kier alpha value is -0.120. The second-order valence-corrected chi connectivity index (χ2v) is 4.58. The molecule has 1 unspecified atom stereocenters. The van der Waals surface area contributed by atoms with Gasteiger partial charge in [-0.1, -0.05) is 26.7 Å². The lowest BCUT2D eigenvalue weighted by Crippen LogP contribution is -2.38. The Bertz CT molecular complexity index is 156. The molecule has 15 heavy (non-hydrogen) atoms. The molecule has 90 valence electrons. The fraction of sp³-hybridized carbons (Fsp3) is 1.00. The Kier molecular flexibility index (Phi) is 6.22. The van der Waals surface area contributed by atoms with E-state index in [0.29, 0.717) is 0 Å². The summed E-state index contributed by atoms with van der Waals surface area (Å²) in [6.45, 7) is 8.92. The number of aliphatic hydroxyl groups is 1. The third kappa shape index (κ3) is 6.13. The van der Waals surface area contributed by atoms with Crippen LogP contribution in [0.5, 0.6) is 0 Å². The molecule has 0 aromatic carbocycles. The van der Waals surface area contributed by atoms with Crippen molar-refractivity contribution in [2.45, 2.75) is 39.2 Å². The highest BCUT2D eigenvalue weighted by Gasteiger charge is 2.20. The molecule has 0 saturated heterocycles. The highest BCUT2D eigenvalue weighted by atomic mass is 16.3. The van der Waals surface area contributed by atoms with Gasteiger partial charge < -0.3 is 15.3 Å². The average molecular weight is 214 g/mol. The lowest BCUT2D eigenvalue weighted by Gasteiger charge is -2.22. The third-order valence-corrected chi connectivity index (χ3v) is 3.17. The van der Waals surface area contributed by atoms with Crippen LogP contribution in [-0.2, 0) is 0 Å². The van der Waals surface area contributed by atoms with E-state index in [1.165, 1.54) is 19.3 Å². The largest absolute Gasteiger partial charge is 0.390 e. The Balaban J connectivity index is 1.93. The van der Waals surface area contributed by atoms with Crippen LogP contribution in [0.1, 0.15) is 33.1 Å². The van der Waals surface area contributed by atoms with Gasteiger partial charge in [0.15, 0.2) is 0 Å². The first-order chi connectivity index (χ1) is 7.26. The fourth-order valence-corrected chi connectivity index (χ4v) is 1.83. The van der Waals surface area contributed by atoms with Crippen LogP contribution in [-0.4, -0.2) is 48.8 Å². The van der Waals surface area contributed by atoms with E-state index in [-0.39, 0.29) is 6.10 Å². The van der Waals surface area contributed by atoms with Crippen molar-refractivity contribution in [3.05, 3.63) is 0 Å². The molecule has 1 fully saturated rings. The van der Waals surface area contributed by atoms with E-state index >= 15 is 0 Å². The smallest absolute Gasteiger partial charge is 0.0791 e. The minimum Gasteiger partial charge on any atom is -0.390 e. The van der Waals surface area contributed by atoms with Gasteiger partial charge in [0.25, 0.3) is 0 Å². The fourth-order valence-electron chi connectivity index (χ4n) is 1.83. The van der Waals surface area contributed by atoms with Crippen molar-refractivity contribution in [3.63, 3.8) is 0 Å². The van der Waals surface area contributed by atoms with Crippen molar-refractivity contribution in [3.8, 4) is 0 Å². The first-order valence-electron chi connectivity index (χ1n) is 6.37. The Morgan fingerprint density at radius 1 is 1.33 bits per heavy atom. The first-order valence-corrected chi connectivity index (χ1v) is 6.37. The van der Waals surface area contributed by atoms with E-state index < -0.39 is 0 Å². The second kappa shape index (κ2) is 7.20. The SMILES string of the molecule is CCN(CC)CC(O)CNCCC1CC1. The zero-order valence-corrected chi connectivity index (χ0v) is 10.2. The molecule has 0 spiro atoms. The van der Waals surface area contributed by atoms with Crippen LogP contribution in [0, 0.1) is 5.92 Å². The topological polar surface area (TPSA) is 35.5 Å². The molecule has 1 atom stereocenters. The van der Waals surface area contributed by atoms with Crippen molar-refractivity contribution in [1.82, 2.24) is 10.2 Å². The number of hydrogen-bond donors (Lipinski definition) is 2. The summed E-state index contributed by atoms with van der Waals surface area (Å²) < 4.78 is 0. The molecule has 1 aliphatic rings. The summed E-state index contributed by atoms with van der Waals surface area (Å²) in [4.78, 5) is 2.26. The Morgan fingerprint density at radius 3 is 2.53 bits per heavy atom. The number of likely N-dealkylation sites (N-methyl/N-ethyl adjacent to an activating group) is 1. The molecule has 1 aliphatic carbocycles. The molecule has 1 saturated carbocycles. The lowest BCUT2D eigenvalue weighted by molar-refractivity contribution is 0.117. The molecule has 3 nitrogen and oxygen atoms in total. The van der Waals surface area contributed by atoms with Gasteiger partial charge in [0, 0.05) is 13.1 Å². The normalized spacial score (nSPS) is 18.4. The van der Waals surface area contributed by atoms with Crippen molar-refractivity contribution >= 4 is 0 Å². The molecule has 1 rings (SSSR count). The molecular formula is C12H26N2O. The molecule has 3 heteroatoms. The molecule has 0 bridgehead atoms. The van der Waals surface area contributed by atoms with E-state index in [9.17, 15) is 5.11 Å². The maximum Gasteiger partial charge on any atom is 0.0791 e. The van der Waals surface area contributed by atoms with Gasteiger partial charge in [0.2, 0.25) is 0 Å². The molecule has 0 heterocycles. The molecule has 0 amide bonds.